The number of hydrogen-bond donors (Lipinski definition) is 0. The van der Waals surface area contributed by atoms with Crippen molar-refractivity contribution in [2.24, 2.45) is 0 Å². The highest BCUT2D eigenvalue weighted by molar-refractivity contribution is 6.08. The van der Waals surface area contributed by atoms with Crippen LogP contribution in [0.2, 0.25) is 0 Å². The largest absolute Gasteiger partial charge is 0.490 e. The summed E-state index contributed by atoms with van der Waals surface area (Å²) >= 11 is 0. The van der Waals surface area contributed by atoms with Crippen LogP contribution in [0.3, 0.4) is 0 Å². The average Bonchev–Trinajstić information content (AvgIpc) is 3.05. The minimum atomic E-state index is 0.286. The highest BCUT2D eigenvalue weighted by Gasteiger charge is 2.15. The van der Waals surface area contributed by atoms with Gasteiger partial charge in [0.05, 0.1) is 73.0 Å². The minimum absolute atomic E-state index is 0.286. The molecule has 0 atom stereocenters. The second-order valence-electron chi connectivity index (χ2n) is 10.2. The molecule has 0 unspecified atom stereocenters. The Labute approximate surface area is 267 Å². The molecule has 0 aromatic heterocycles. The Morgan fingerprint density at radius 3 is 0.761 bits per heavy atom. The van der Waals surface area contributed by atoms with E-state index in [0.29, 0.717) is 92.5 Å². The molecule has 0 radical (unpaired) electrons. The number of nitriles is 4. The lowest BCUT2D eigenvalue weighted by Gasteiger charge is -2.13. The Morgan fingerprint density at radius 1 is 0.370 bits per heavy atom. The Hall–Kier alpha value is -6.22. The van der Waals surface area contributed by atoms with E-state index < -0.39 is 0 Å². The third kappa shape index (κ3) is 5.81. The summed E-state index contributed by atoms with van der Waals surface area (Å²) in [7, 11) is 0. The van der Waals surface area contributed by atoms with Gasteiger partial charge in [0.15, 0.2) is 23.0 Å². The summed E-state index contributed by atoms with van der Waals surface area (Å²) in [6.07, 6.45) is 0. The molecule has 0 heterocycles. The molecule has 5 aromatic carbocycles. The molecule has 0 saturated carbocycles. The lowest BCUT2D eigenvalue weighted by atomic mass is 9.93. The molecule has 226 valence electrons. The topological polar surface area (TPSA) is 132 Å². The van der Waals surface area contributed by atoms with Crippen LogP contribution in [-0.2, 0) is 0 Å². The maximum Gasteiger partial charge on any atom is 0.161 e. The summed E-state index contributed by atoms with van der Waals surface area (Å²) in [5.74, 6) is 2.11. The molecule has 0 aliphatic rings. The number of benzene rings is 3. The van der Waals surface area contributed by atoms with Crippen molar-refractivity contribution >= 4 is 43.1 Å². The van der Waals surface area contributed by atoms with Crippen molar-refractivity contribution in [1.82, 2.24) is 0 Å². The molecule has 0 N–H and O–H groups in total. The van der Waals surface area contributed by atoms with Crippen LogP contribution in [0.25, 0.3) is 43.1 Å². The monoisotopic (exact) mass is 606 g/mol. The van der Waals surface area contributed by atoms with Crippen molar-refractivity contribution in [2.75, 3.05) is 26.4 Å². The molecular formula is C38H30N4O4. The number of rotatable bonds is 8. The molecular weight excluding hydrogens is 576 g/mol. The first-order chi connectivity index (χ1) is 22.4. The molecule has 0 fully saturated rings. The second-order valence-corrected chi connectivity index (χ2v) is 10.2. The zero-order chi connectivity index (χ0) is 32.8. The van der Waals surface area contributed by atoms with E-state index in [2.05, 4.69) is 24.3 Å². The highest BCUT2D eigenvalue weighted by Crippen LogP contribution is 2.38. The number of nitrogens with zero attached hydrogens (tertiary/aromatic N) is 4. The molecule has 0 saturated heterocycles. The number of hydrogen-bond acceptors (Lipinski definition) is 8. The molecule has 5 rings (SSSR count). The van der Waals surface area contributed by atoms with Gasteiger partial charge >= 0.3 is 0 Å². The van der Waals surface area contributed by atoms with Crippen molar-refractivity contribution in [2.45, 2.75) is 27.7 Å². The van der Waals surface area contributed by atoms with Crippen molar-refractivity contribution in [3.63, 3.8) is 0 Å². The lowest BCUT2D eigenvalue weighted by molar-refractivity contribution is 0.288. The van der Waals surface area contributed by atoms with Gasteiger partial charge in [0.1, 0.15) is 0 Å². The van der Waals surface area contributed by atoms with Gasteiger partial charge in [-0.1, -0.05) is 0 Å². The van der Waals surface area contributed by atoms with E-state index in [1.165, 1.54) is 0 Å². The summed E-state index contributed by atoms with van der Waals surface area (Å²) in [5, 5.41) is 46.2. The van der Waals surface area contributed by atoms with Crippen molar-refractivity contribution in [1.29, 1.82) is 21.0 Å². The highest BCUT2D eigenvalue weighted by atomic mass is 16.5. The van der Waals surface area contributed by atoms with Crippen molar-refractivity contribution in [3.8, 4) is 47.3 Å². The van der Waals surface area contributed by atoms with Crippen molar-refractivity contribution < 1.29 is 18.9 Å². The Kier molecular flexibility index (Phi) is 9.23. The second kappa shape index (κ2) is 13.6. The number of ether oxygens (including phenoxy) is 4. The van der Waals surface area contributed by atoms with E-state index in [9.17, 15) is 21.0 Å². The molecule has 0 spiro atoms. The van der Waals surface area contributed by atoms with E-state index in [4.69, 9.17) is 18.9 Å². The maximum absolute atomic E-state index is 10.4. The lowest BCUT2D eigenvalue weighted by Crippen LogP contribution is -1.98. The van der Waals surface area contributed by atoms with Gasteiger partial charge in [-0.2, -0.15) is 21.0 Å². The SMILES string of the molecule is CCOc1cc2cc(C#N)c3cc4c(C#N)cc5cc(OCC)c(OCC)cc5cc(C#N)c4cc3c(C#N)cc2cc1OCC. The predicted octanol–water partition coefficient (Wildman–Crippen LogP) is 8.51. The van der Waals surface area contributed by atoms with Crippen LogP contribution >= 0.6 is 0 Å². The van der Waals surface area contributed by atoms with Crippen LogP contribution < -0.4 is 18.9 Å². The maximum atomic E-state index is 10.4. The summed E-state index contributed by atoms with van der Waals surface area (Å²) in [5.41, 5.74) is 1.14. The van der Waals surface area contributed by atoms with E-state index in [1.54, 1.807) is 60.7 Å². The van der Waals surface area contributed by atoms with Gasteiger partial charge < -0.3 is 18.9 Å². The van der Waals surface area contributed by atoms with Gasteiger partial charge in [0.25, 0.3) is 0 Å². The van der Waals surface area contributed by atoms with Gasteiger partial charge in [0, 0.05) is 21.5 Å². The summed E-state index contributed by atoms with van der Waals surface area (Å²) in [6, 6.07) is 26.8. The first-order valence-electron chi connectivity index (χ1n) is 15.0. The predicted molar refractivity (Wildman–Crippen MR) is 178 cm³/mol. The quantitative estimate of drug-likeness (QED) is 0.172. The third-order valence-corrected chi connectivity index (χ3v) is 7.50. The van der Waals surface area contributed by atoms with Crippen molar-refractivity contribution in [3.05, 3.63) is 82.9 Å². The summed E-state index contributed by atoms with van der Waals surface area (Å²) in [4.78, 5) is 0. The van der Waals surface area contributed by atoms with Crippen LogP contribution in [0, 0.1) is 45.3 Å². The molecule has 0 aliphatic carbocycles. The van der Waals surface area contributed by atoms with E-state index in [1.807, 2.05) is 27.7 Å². The van der Waals surface area contributed by atoms with Crippen LogP contribution in [-0.4, -0.2) is 26.4 Å². The minimum Gasteiger partial charge on any atom is -0.490 e. The average molecular weight is 607 g/mol. The van der Waals surface area contributed by atoms with Gasteiger partial charge in [-0.05, 0) is 110 Å². The Balaban J connectivity index is 2.00. The van der Waals surface area contributed by atoms with Crippen LogP contribution in [0.15, 0.2) is 60.7 Å². The van der Waals surface area contributed by atoms with Gasteiger partial charge in [-0.15, -0.1) is 0 Å². The molecule has 5 aromatic rings. The fourth-order valence-electron chi connectivity index (χ4n) is 5.55. The zero-order valence-corrected chi connectivity index (χ0v) is 26.0. The normalized spacial score (nSPS) is 10.4. The van der Waals surface area contributed by atoms with Crippen LogP contribution in [0.1, 0.15) is 49.9 Å². The van der Waals surface area contributed by atoms with E-state index in [-0.39, 0.29) is 22.3 Å². The fourth-order valence-corrected chi connectivity index (χ4v) is 5.55. The van der Waals surface area contributed by atoms with Crippen LogP contribution in [0.5, 0.6) is 23.0 Å². The van der Waals surface area contributed by atoms with E-state index >= 15 is 0 Å². The molecule has 0 amide bonds. The smallest absolute Gasteiger partial charge is 0.161 e. The first-order valence-corrected chi connectivity index (χ1v) is 15.0. The van der Waals surface area contributed by atoms with Gasteiger partial charge in [0.2, 0.25) is 0 Å². The fraction of sp³-hybridized carbons (Fsp3) is 0.211. The molecule has 0 aliphatic heterocycles. The molecule has 8 heteroatoms. The molecule has 8 nitrogen and oxygen atoms in total. The first kappa shape index (κ1) is 31.2. The summed E-state index contributed by atoms with van der Waals surface area (Å²) < 4.78 is 23.3. The number of fused-ring (bicyclic) bond motifs is 4. The zero-order valence-electron chi connectivity index (χ0n) is 26.0. The van der Waals surface area contributed by atoms with Crippen LogP contribution in [0.4, 0.5) is 0 Å². The van der Waals surface area contributed by atoms with Gasteiger partial charge in [-0.3, -0.25) is 0 Å². The summed E-state index contributed by atoms with van der Waals surface area (Å²) in [6.45, 7) is 9.17. The third-order valence-electron chi connectivity index (χ3n) is 7.50. The Morgan fingerprint density at radius 2 is 0.587 bits per heavy atom. The van der Waals surface area contributed by atoms with E-state index in [0.717, 1.165) is 0 Å². The molecule has 46 heavy (non-hydrogen) atoms. The Bertz CT molecular complexity index is 1950. The standard InChI is InChI=1S/C38H30N4O4/c1-5-43-35-13-23-9-27(19-39)31-17-33-29(21-41)11-25-15-37(45-7-3)38(46-8-4)16-26(25)12-30(22-42)34(33)18-32(31)28(20-40)10-24(23)14-36(35)44-6-2/h9-18H,5-8H2,1-4H3. The van der Waals surface area contributed by atoms with Gasteiger partial charge in [-0.25, -0.2) is 0 Å². The molecule has 0 bridgehead atoms.